The van der Waals surface area contributed by atoms with Gasteiger partial charge >= 0.3 is 0 Å². The Hall–Kier alpha value is -0.720. The van der Waals surface area contributed by atoms with Crippen molar-refractivity contribution in [1.82, 2.24) is 4.57 Å². The van der Waals surface area contributed by atoms with Gasteiger partial charge in [0.25, 0.3) is 0 Å². The molecule has 1 aliphatic heterocycles. The summed E-state index contributed by atoms with van der Waals surface area (Å²) in [6.45, 7) is 3.49. The van der Waals surface area contributed by atoms with E-state index in [4.69, 9.17) is 0 Å². The van der Waals surface area contributed by atoms with Gasteiger partial charge in [-0.05, 0) is 30.9 Å². The molecular formula is C10H15N. The molecule has 0 N–H and O–H groups in total. The van der Waals surface area contributed by atoms with E-state index in [1.165, 1.54) is 37.8 Å². The van der Waals surface area contributed by atoms with Crippen molar-refractivity contribution in [2.45, 2.75) is 39.2 Å². The summed E-state index contributed by atoms with van der Waals surface area (Å²) in [6.07, 6.45) is 7.49. The van der Waals surface area contributed by atoms with Crippen LogP contribution in [0.1, 0.15) is 31.0 Å². The van der Waals surface area contributed by atoms with Crippen LogP contribution in [0.3, 0.4) is 0 Å². The van der Waals surface area contributed by atoms with Crippen molar-refractivity contribution in [3.63, 3.8) is 0 Å². The Labute approximate surface area is 68.0 Å². The zero-order chi connectivity index (χ0) is 7.68. The van der Waals surface area contributed by atoms with E-state index in [2.05, 4.69) is 23.8 Å². The molecule has 0 aromatic carbocycles. The maximum atomic E-state index is 2.41. The topological polar surface area (TPSA) is 4.93 Å². The number of rotatable bonds is 2. The lowest BCUT2D eigenvalue weighted by atomic mass is 10.2. The van der Waals surface area contributed by atoms with E-state index < -0.39 is 0 Å². The molecule has 0 radical (unpaired) electrons. The first-order valence-corrected chi connectivity index (χ1v) is 4.58. The fourth-order valence-corrected chi connectivity index (χ4v) is 1.90. The molecule has 0 atom stereocenters. The molecule has 1 heteroatoms. The van der Waals surface area contributed by atoms with Crippen LogP contribution in [0.5, 0.6) is 0 Å². The quantitative estimate of drug-likeness (QED) is 0.608. The molecule has 0 bridgehead atoms. The lowest BCUT2D eigenvalue weighted by Crippen LogP contribution is -1.87. The molecule has 0 fully saturated rings. The van der Waals surface area contributed by atoms with Gasteiger partial charge in [0.1, 0.15) is 0 Å². The minimum Gasteiger partial charge on any atom is -0.351 e. The van der Waals surface area contributed by atoms with Crippen LogP contribution < -0.4 is 0 Å². The van der Waals surface area contributed by atoms with E-state index in [9.17, 15) is 0 Å². The van der Waals surface area contributed by atoms with E-state index in [0.29, 0.717) is 0 Å². The highest BCUT2D eigenvalue weighted by molar-refractivity contribution is 5.21. The maximum absolute atomic E-state index is 2.41. The standard InChI is InChI=1S/C10H15N/c1-2-4-9-7-10-5-3-6-11(10)8-9/h7-8H,2-6H2,1H3. The Kier molecular flexibility index (Phi) is 1.72. The lowest BCUT2D eigenvalue weighted by Gasteiger charge is -1.92. The molecule has 0 amide bonds. The van der Waals surface area contributed by atoms with Crippen LogP contribution >= 0.6 is 0 Å². The Morgan fingerprint density at radius 3 is 3.18 bits per heavy atom. The number of aryl methyl sites for hydroxylation is 3. The third-order valence-electron chi connectivity index (χ3n) is 2.41. The van der Waals surface area contributed by atoms with E-state index in [-0.39, 0.29) is 0 Å². The second-order valence-electron chi connectivity index (χ2n) is 3.39. The summed E-state index contributed by atoms with van der Waals surface area (Å²) in [4.78, 5) is 0. The fourth-order valence-electron chi connectivity index (χ4n) is 1.90. The number of hydrogen-bond donors (Lipinski definition) is 0. The van der Waals surface area contributed by atoms with Gasteiger partial charge in [-0.15, -0.1) is 0 Å². The van der Waals surface area contributed by atoms with Crippen molar-refractivity contribution in [2.75, 3.05) is 0 Å². The van der Waals surface area contributed by atoms with Crippen LogP contribution in [-0.2, 0) is 19.4 Å². The summed E-state index contributed by atoms with van der Waals surface area (Å²) in [5, 5.41) is 0. The van der Waals surface area contributed by atoms with Crippen molar-refractivity contribution in [3.8, 4) is 0 Å². The summed E-state index contributed by atoms with van der Waals surface area (Å²) in [5.74, 6) is 0. The van der Waals surface area contributed by atoms with Gasteiger partial charge in [-0.3, -0.25) is 0 Å². The van der Waals surface area contributed by atoms with Gasteiger partial charge in [0.15, 0.2) is 0 Å². The summed E-state index contributed by atoms with van der Waals surface area (Å²) in [5.41, 5.74) is 3.08. The molecule has 1 aromatic heterocycles. The molecule has 0 spiro atoms. The van der Waals surface area contributed by atoms with Crippen molar-refractivity contribution < 1.29 is 0 Å². The molecule has 1 aromatic rings. The average Bonchev–Trinajstić information content (AvgIpc) is 2.46. The number of hydrogen-bond acceptors (Lipinski definition) is 0. The van der Waals surface area contributed by atoms with Crippen molar-refractivity contribution >= 4 is 0 Å². The first-order chi connectivity index (χ1) is 5.40. The Balaban J connectivity index is 2.20. The van der Waals surface area contributed by atoms with Crippen LogP contribution in [0, 0.1) is 0 Å². The van der Waals surface area contributed by atoms with E-state index >= 15 is 0 Å². The first-order valence-electron chi connectivity index (χ1n) is 4.58. The highest BCUT2D eigenvalue weighted by Gasteiger charge is 2.10. The average molecular weight is 149 g/mol. The van der Waals surface area contributed by atoms with Crippen molar-refractivity contribution in [3.05, 3.63) is 23.5 Å². The lowest BCUT2D eigenvalue weighted by molar-refractivity contribution is 0.744. The maximum Gasteiger partial charge on any atom is 0.0226 e. The smallest absolute Gasteiger partial charge is 0.0226 e. The molecule has 0 saturated heterocycles. The van der Waals surface area contributed by atoms with Crippen LogP contribution in [0.4, 0.5) is 0 Å². The molecule has 0 aliphatic carbocycles. The van der Waals surface area contributed by atoms with Gasteiger partial charge < -0.3 is 4.57 Å². The Morgan fingerprint density at radius 2 is 2.45 bits per heavy atom. The molecular weight excluding hydrogens is 134 g/mol. The molecule has 11 heavy (non-hydrogen) atoms. The van der Waals surface area contributed by atoms with Gasteiger partial charge in [-0.25, -0.2) is 0 Å². The van der Waals surface area contributed by atoms with Crippen LogP contribution in [0.2, 0.25) is 0 Å². The SMILES string of the molecule is CCCc1cc2n(c1)CCC2. The normalized spacial score (nSPS) is 15.4. The molecule has 2 rings (SSSR count). The summed E-state index contributed by atoms with van der Waals surface area (Å²) in [6, 6.07) is 2.37. The zero-order valence-electron chi connectivity index (χ0n) is 7.14. The minimum atomic E-state index is 1.25. The van der Waals surface area contributed by atoms with Gasteiger partial charge in [0, 0.05) is 18.4 Å². The predicted molar refractivity (Wildman–Crippen MR) is 46.7 cm³/mol. The van der Waals surface area contributed by atoms with Crippen LogP contribution in [0.15, 0.2) is 12.3 Å². The fraction of sp³-hybridized carbons (Fsp3) is 0.600. The highest BCUT2D eigenvalue weighted by Crippen LogP contribution is 2.18. The van der Waals surface area contributed by atoms with Crippen molar-refractivity contribution in [1.29, 1.82) is 0 Å². The number of aromatic nitrogens is 1. The summed E-state index contributed by atoms with van der Waals surface area (Å²) < 4.78 is 2.41. The zero-order valence-corrected chi connectivity index (χ0v) is 7.14. The highest BCUT2D eigenvalue weighted by atomic mass is 15.0. The first kappa shape index (κ1) is 6.96. The van der Waals surface area contributed by atoms with E-state index in [1.807, 2.05) is 0 Å². The second kappa shape index (κ2) is 2.72. The predicted octanol–water partition coefficient (Wildman–Crippen LogP) is 2.39. The van der Waals surface area contributed by atoms with Gasteiger partial charge in [-0.1, -0.05) is 13.3 Å². The van der Waals surface area contributed by atoms with Crippen LogP contribution in [0.25, 0.3) is 0 Å². The van der Waals surface area contributed by atoms with E-state index in [0.717, 1.165) is 0 Å². The monoisotopic (exact) mass is 149 g/mol. The Morgan fingerprint density at radius 1 is 1.55 bits per heavy atom. The Bertz CT molecular complexity index is 226. The number of fused-ring (bicyclic) bond motifs is 1. The minimum absolute atomic E-state index is 1.25. The third-order valence-corrected chi connectivity index (χ3v) is 2.41. The third kappa shape index (κ3) is 1.20. The molecule has 1 aliphatic rings. The van der Waals surface area contributed by atoms with Gasteiger partial charge in [-0.2, -0.15) is 0 Å². The van der Waals surface area contributed by atoms with Gasteiger partial charge in [0.2, 0.25) is 0 Å². The van der Waals surface area contributed by atoms with Crippen molar-refractivity contribution in [2.24, 2.45) is 0 Å². The summed E-state index contributed by atoms with van der Waals surface area (Å²) >= 11 is 0. The summed E-state index contributed by atoms with van der Waals surface area (Å²) in [7, 11) is 0. The molecule has 2 heterocycles. The largest absolute Gasteiger partial charge is 0.351 e. The van der Waals surface area contributed by atoms with E-state index in [1.54, 1.807) is 5.69 Å². The molecule has 0 unspecified atom stereocenters. The molecule has 1 nitrogen and oxygen atoms in total. The van der Waals surface area contributed by atoms with Crippen LogP contribution in [-0.4, -0.2) is 4.57 Å². The molecule has 60 valence electrons. The number of nitrogens with zero attached hydrogens (tertiary/aromatic N) is 1. The molecule has 0 saturated carbocycles. The second-order valence-corrected chi connectivity index (χ2v) is 3.39. The van der Waals surface area contributed by atoms with Gasteiger partial charge in [0.05, 0.1) is 0 Å².